The average Bonchev–Trinajstić information content (AvgIpc) is 2.65. The fraction of sp³-hybridized carbons (Fsp3) is 0.238. The normalized spacial score (nSPS) is 10.9. The monoisotopic (exact) mass is 386 g/mol. The highest BCUT2D eigenvalue weighted by atomic mass is 16.5. The predicted molar refractivity (Wildman–Crippen MR) is 104 cm³/mol. The molecule has 7 heteroatoms. The summed E-state index contributed by atoms with van der Waals surface area (Å²) in [5.74, 6) is -1.55. The molecule has 0 aliphatic heterocycles. The van der Waals surface area contributed by atoms with Crippen LogP contribution in [0.5, 0.6) is 23.0 Å². The van der Waals surface area contributed by atoms with Gasteiger partial charge >= 0.3 is 5.97 Å². The van der Waals surface area contributed by atoms with E-state index in [0.29, 0.717) is 5.56 Å². The molecule has 2 aromatic carbocycles. The van der Waals surface area contributed by atoms with Crippen molar-refractivity contribution in [3.05, 3.63) is 53.1 Å². The zero-order valence-electron chi connectivity index (χ0n) is 16.1. The van der Waals surface area contributed by atoms with Crippen molar-refractivity contribution in [1.82, 2.24) is 0 Å². The summed E-state index contributed by atoms with van der Waals surface area (Å²) in [5, 5.41) is 19.4. The van der Waals surface area contributed by atoms with Crippen LogP contribution in [0.2, 0.25) is 0 Å². The Labute approximate surface area is 162 Å². The van der Waals surface area contributed by atoms with Gasteiger partial charge in [-0.2, -0.15) is 0 Å². The number of rotatable bonds is 8. The van der Waals surface area contributed by atoms with Gasteiger partial charge in [0, 0.05) is 5.56 Å². The number of hydrogen-bond donors (Lipinski definition) is 2. The summed E-state index contributed by atoms with van der Waals surface area (Å²) in [6.07, 6.45) is 2.45. The molecule has 2 aromatic rings. The number of carboxylic acid groups (broad SMARTS) is 1. The van der Waals surface area contributed by atoms with Gasteiger partial charge in [0.2, 0.25) is 0 Å². The highest BCUT2D eigenvalue weighted by molar-refractivity contribution is 6.09. The van der Waals surface area contributed by atoms with E-state index < -0.39 is 11.8 Å². The molecule has 2 N–H and O–H groups in total. The summed E-state index contributed by atoms with van der Waals surface area (Å²) in [5.41, 5.74) is 0.368. The van der Waals surface area contributed by atoms with E-state index >= 15 is 0 Å². The van der Waals surface area contributed by atoms with E-state index in [4.69, 9.17) is 14.2 Å². The van der Waals surface area contributed by atoms with Crippen molar-refractivity contribution in [3.8, 4) is 23.0 Å². The Balaban J connectivity index is 2.60. The summed E-state index contributed by atoms with van der Waals surface area (Å²) in [7, 11) is 2.67. The van der Waals surface area contributed by atoms with Crippen molar-refractivity contribution in [2.24, 2.45) is 0 Å². The van der Waals surface area contributed by atoms with Gasteiger partial charge in [-0.15, -0.1) is 0 Å². The van der Waals surface area contributed by atoms with Crippen molar-refractivity contribution >= 4 is 17.8 Å². The topological polar surface area (TPSA) is 102 Å². The Bertz CT molecular complexity index is 913. The second-order valence-electron chi connectivity index (χ2n) is 6.09. The number of ketones is 1. The second kappa shape index (κ2) is 8.94. The Morgan fingerprint density at radius 2 is 1.75 bits per heavy atom. The molecule has 28 heavy (non-hydrogen) atoms. The number of carbonyl (C=O) groups is 2. The van der Waals surface area contributed by atoms with Crippen molar-refractivity contribution in [1.29, 1.82) is 0 Å². The molecule has 0 atom stereocenters. The lowest BCUT2D eigenvalue weighted by Gasteiger charge is -2.19. The van der Waals surface area contributed by atoms with E-state index in [1.165, 1.54) is 44.6 Å². The zero-order chi connectivity index (χ0) is 20.8. The Morgan fingerprint density at radius 3 is 2.29 bits per heavy atom. The van der Waals surface area contributed by atoms with Gasteiger partial charge in [0.15, 0.2) is 17.3 Å². The lowest BCUT2D eigenvalue weighted by molar-refractivity contribution is 0.0687. The predicted octanol–water partition coefficient (Wildman–Crippen LogP) is 3.79. The molecular weight excluding hydrogens is 364 g/mol. The lowest BCUT2D eigenvalue weighted by atomic mass is 10.0. The van der Waals surface area contributed by atoms with Crippen molar-refractivity contribution in [2.75, 3.05) is 14.2 Å². The van der Waals surface area contributed by atoms with Gasteiger partial charge in [0.25, 0.3) is 0 Å². The molecule has 2 rings (SSSR count). The number of carboxylic acids is 1. The van der Waals surface area contributed by atoms with E-state index in [-0.39, 0.29) is 40.2 Å². The molecule has 7 nitrogen and oxygen atoms in total. The molecule has 0 amide bonds. The minimum absolute atomic E-state index is 0.00444. The van der Waals surface area contributed by atoms with E-state index in [9.17, 15) is 19.8 Å². The van der Waals surface area contributed by atoms with E-state index in [1.54, 1.807) is 26.0 Å². The zero-order valence-corrected chi connectivity index (χ0v) is 16.1. The van der Waals surface area contributed by atoms with E-state index in [1.807, 2.05) is 0 Å². The number of aromatic carboxylic acids is 1. The molecule has 0 heterocycles. The van der Waals surface area contributed by atoms with Gasteiger partial charge in [0.05, 0.1) is 25.9 Å². The van der Waals surface area contributed by atoms with Crippen LogP contribution in [0.4, 0.5) is 0 Å². The number of ether oxygens (including phenoxy) is 3. The van der Waals surface area contributed by atoms with Crippen LogP contribution < -0.4 is 14.2 Å². The van der Waals surface area contributed by atoms with Crippen LogP contribution >= 0.6 is 0 Å². The molecule has 0 aromatic heterocycles. The maximum atomic E-state index is 12.4. The van der Waals surface area contributed by atoms with E-state index in [0.717, 1.165) is 0 Å². The summed E-state index contributed by atoms with van der Waals surface area (Å²) < 4.78 is 16.2. The first-order chi connectivity index (χ1) is 13.3. The van der Waals surface area contributed by atoms with Gasteiger partial charge in [-0.25, -0.2) is 4.79 Å². The third-order valence-electron chi connectivity index (χ3n) is 3.80. The fourth-order valence-corrected chi connectivity index (χ4v) is 2.61. The maximum absolute atomic E-state index is 12.4. The van der Waals surface area contributed by atoms with Crippen molar-refractivity contribution in [3.63, 3.8) is 0 Å². The number of allylic oxidation sites excluding steroid dienone is 1. The fourth-order valence-electron chi connectivity index (χ4n) is 2.61. The van der Waals surface area contributed by atoms with Gasteiger partial charge in [-0.1, -0.05) is 12.1 Å². The molecular formula is C21H22O7. The second-order valence-corrected chi connectivity index (χ2v) is 6.09. The first-order valence-corrected chi connectivity index (χ1v) is 8.49. The largest absolute Gasteiger partial charge is 0.507 e. The highest BCUT2D eigenvalue weighted by Crippen LogP contribution is 2.42. The Hall–Kier alpha value is -3.48. The molecule has 0 fully saturated rings. The summed E-state index contributed by atoms with van der Waals surface area (Å²) in [4.78, 5) is 24.1. The van der Waals surface area contributed by atoms with Crippen LogP contribution in [0, 0.1) is 0 Å². The van der Waals surface area contributed by atoms with Crippen LogP contribution in [-0.4, -0.2) is 42.3 Å². The molecule has 0 radical (unpaired) electrons. The molecule has 0 saturated carbocycles. The Kier molecular flexibility index (Phi) is 6.65. The van der Waals surface area contributed by atoms with Crippen molar-refractivity contribution in [2.45, 2.75) is 20.0 Å². The number of carbonyl (C=O) groups excluding carboxylic acids is 1. The minimum Gasteiger partial charge on any atom is -0.507 e. The molecule has 0 aliphatic rings. The van der Waals surface area contributed by atoms with Gasteiger partial charge < -0.3 is 24.4 Å². The molecule has 0 unspecified atom stereocenters. The minimum atomic E-state index is -1.23. The lowest BCUT2D eigenvalue weighted by Crippen LogP contribution is -2.12. The number of para-hydroxylation sites is 1. The third-order valence-corrected chi connectivity index (χ3v) is 3.80. The number of aromatic hydroxyl groups is 1. The summed E-state index contributed by atoms with van der Waals surface area (Å²) in [6, 6.07) is 7.63. The van der Waals surface area contributed by atoms with Crippen LogP contribution in [0.1, 0.15) is 40.1 Å². The molecule has 148 valence electrons. The van der Waals surface area contributed by atoms with Gasteiger partial charge in [0.1, 0.15) is 17.1 Å². The van der Waals surface area contributed by atoms with Crippen LogP contribution in [0.15, 0.2) is 36.4 Å². The highest BCUT2D eigenvalue weighted by Gasteiger charge is 2.25. The first kappa shape index (κ1) is 20.8. The summed E-state index contributed by atoms with van der Waals surface area (Å²) in [6.45, 7) is 3.57. The first-order valence-electron chi connectivity index (χ1n) is 8.49. The Morgan fingerprint density at radius 1 is 1.07 bits per heavy atom. The maximum Gasteiger partial charge on any atom is 0.343 e. The number of phenolic OH excluding ortho intramolecular Hbond substituents is 1. The average molecular weight is 386 g/mol. The SMILES string of the molecule is COc1cc(C=CC(=O)c2ccccc2O)c(OC(C)C)c(OC)c1C(=O)O. The number of benzene rings is 2. The van der Waals surface area contributed by atoms with E-state index in [2.05, 4.69) is 0 Å². The number of hydrogen-bond acceptors (Lipinski definition) is 6. The van der Waals surface area contributed by atoms with Crippen molar-refractivity contribution < 1.29 is 34.0 Å². The van der Waals surface area contributed by atoms with Gasteiger partial charge in [-0.3, -0.25) is 4.79 Å². The van der Waals surface area contributed by atoms with Crippen LogP contribution in [0.25, 0.3) is 6.08 Å². The number of methoxy groups -OCH3 is 2. The number of phenols is 1. The third kappa shape index (κ3) is 4.43. The smallest absolute Gasteiger partial charge is 0.343 e. The van der Waals surface area contributed by atoms with Gasteiger partial charge in [-0.05, 0) is 44.2 Å². The molecule has 0 bridgehead atoms. The summed E-state index contributed by atoms with van der Waals surface area (Å²) >= 11 is 0. The van der Waals surface area contributed by atoms with Crippen LogP contribution in [0.3, 0.4) is 0 Å². The molecule has 0 spiro atoms. The molecule has 0 saturated heterocycles. The standard InChI is InChI=1S/C21H22O7/c1-12(2)28-19-13(9-10-16(23)14-7-5-6-8-15(14)22)11-17(26-3)18(21(24)25)20(19)27-4/h5-12,22H,1-4H3,(H,24,25). The van der Waals surface area contributed by atoms with Crippen LogP contribution in [-0.2, 0) is 0 Å². The molecule has 0 aliphatic carbocycles. The quantitative estimate of drug-likeness (QED) is 0.525.